The zero-order chi connectivity index (χ0) is 31.4. The Morgan fingerprint density at radius 1 is 0.977 bits per heavy atom. The number of phenols is 4. The number of aliphatic hydroxyl groups excluding tert-OH is 4. The van der Waals surface area contributed by atoms with Crippen LogP contribution in [0.25, 0.3) is 22.3 Å². The molecule has 232 valence electrons. The number of rotatable bonds is 7. The van der Waals surface area contributed by atoms with E-state index in [1.54, 1.807) is 0 Å². The molecule has 0 radical (unpaired) electrons. The largest absolute Gasteiger partial charge is 0.508 e. The molecule has 3 heterocycles. The van der Waals surface area contributed by atoms with Crippen LogP contribution < -0.4 is 10.2 Å². The summed E-state index contributed by atoms with van der Waals surface area (Å²) in [7, 11) is 0. The zero-order valence-corrected chi connectivity index (χ0v) is 21.7. The molecule has 0 amide bonds. The van der Waals surface area contributed by atoms with E-state index in [4.69, 9.17) is 23.4 Å². The van der Waals surface area contributed by atoms with Crippen LogP contribution in [0.1, 0.15) is 0 Å². The summed E-state index contributed by atoms with van der Waals surface area (Å²) in [4.78, 5) is 25.5. The summed E-state index contributed by atoms with van der Waals surface area (Å²) in [5.74, 6) is -5.53. The lowest BCUT2D eigenvalue weighted by Crippen LogP contribution is -2.63. The van der Waals surface area contributed by atoms with Crippen molar-refractivity contribution in [3.8, 4) is 40.1 Å². The fraction of sp³-hybridized carbons (Fsp3) is 0.385. The predicted molar refractivity (Wildman–Crippen MR) is 136 cm³/mol. The van der Waals surface area contributed by atoms with Crippen molar-refractivity contribution < 1.29 is 79.2 Å². The summed E-state index contributed by atoms with van der Waals surface area (Å²) >= 11 is 0. The molecule has 0 spiro atoms. The number of phenolic OH excluding ortho intramolecular Hbond substituents is 4. The van der Waals surface area contributed by atoms with Crippen molar-refractivity contribution >= 4 is 16.9 Å². The minimum absolute atomic E-state index is 0.113. The minimum atomic E-state index is -2.18. The molecule has 2 saturated heterocycles. The molecular formula is C26H26O17. The number of carbonyl (C=O) groups is 1. The summed E-state index contributed by atoms with van der Waals surface area (Å²) in [6, 6.07) is 4.97. The zero-order valence-electron chi connectivity index (χ0n) is 21.7. The van der Waals surface area contributed by atoms with E-state index in [0.717, 1.165) is 24.3 Å². The third-order valence-corrected chi connectivity index (χ3v) is 7.05. The second-order valence-corrected chi connectivity index (χ2v) is 9.98. The van der Waals surface area contributed by atoms with Crippen LogP contribution in [0, 0.1) is 0 Å². The van der Waals surface area contributed by atoms with E-state index in [-0.39, 0.29) is 11.1 Å². The second-order valence-electron chi connectivity index (χ2n) is 9.98. The van der Waals surface area contributed by atoms with Gasteiger partial charge in [0.1, 0.15) is 46.4 Å². The van der Waals surface area contributed by atoms with Crippen LogP contribution in [-0.2, 0) is 19.0 Å². The van der Waals surface area contributed by atoms with E-state index in [1.165, 1.54) is 6.07 Å². The molecule has 5 rings (SSSR count). The maximum atomic E-state index is 13.7. The number of aliphatic hydroxyl groups is 5. The van der Waals surface area contributed by atoms with E-state index >= 15 is 0 Å². The summed E-state index contributed by atoms with van der Waals surface area (Å²) in [5.41, 5.74) is -3.78. The molecule has 8 atom stereocenters. The van der Waals surface area contributed by atoms with Gasteiger partial charge in [-0.15, -0.1) is 0 Å². The maximum absolute atomic E-state index is 13.7. The average Bonchev–Trinajstić information content (AvgIpc) is 3.23. The van der Waals surface area contributed by atoms with E-state index in [2.05, 4.69) is 0 Å². The van der Waals surface area contributed by atoms with Crippen molar-refractivity contribution in [2.24, 2.45) is 0 Å². The molecule has 0 aliphatic carbocycles. The Hall–Kier alpha value is -4.20. The molecule has 17 nitrogen and oxygen atoms in total. The summed E-state index contributed by atoms with van der Waals surface area (Å²) in [6.07, 6.45) is -14.2. The number of hydrogen-bond acceptors (Lipinski definition) is 16. The first-order valence-corrected chi connectivity index (χ1v) is 12.5. The van der Waals surface area contributed by atoms with E-state index in [9.17, 15) is 60.7 Å². The van der Waals surface area contributed by atoms with Crippen LogP contribution in [0.5, 0.6) is 28.7 Å². The highest BCUT2D eigenvalue weighted by molar-refractivity contribution is 5.88. The molecule has 2 aliphatic heterocycles. The Labute approximate surface area is 239 Å². The summed E-state index contributed by atoms with van der Waals surface area (Å²) in [5, 5.41) is 101. The first-order chi connectivity index (χ1) is 20.2. The Kier molecular flexibility index (Phi) is 7.84. The van der Waals surface area contributed by atoms with Gasteiger partial charge >= 0.3 is 5.97 Å². The first-order valence-electron chi connectivity index (χ1n) is 12.5. The number of fused-ring (bicyclic) bond motifs is 1. The van der Waals surface area contributed by atoms with Gasteiger partial charge in [-0.2, -0.15) is 0 Å². The molecule has 10 N–H and O–H groups in total. The van der Waals surface area contributed by atoms with Crippen LogP contribution in [0.2, 0.25) is 0 Å². The molecule has 2 fully saturated rings. The first kappa shape index (κ1) is 30.3. The standard InChI is InChI=1S/C26H26O17/c27-6-26(38)7-39-25(22(26)35)43-21-17(34)16(33)20(23(36)37)42-24(21)41-19-15(32)14-12(31)4-9(28)5-13(14)40-18(19)8-1-2-10(29)11(30)3-8/h1-5,16-17,20-22,24-25,27-31,33-35,38H,6-7H2,(H,36,37)/t16-,17-,20-,21+,22-,24+,25-,26+/m0/s1. The third kappa shape index (κ3) is 5.28. The van der Waals surface area contributed by atoms with Crippen molar-refractivity contribution in [1.82, 2.24) is 0 Å². The Morgan fingerprint density at radius 2 is 1.70 bits per heavy atom. The molecule has 43 heavy (non-hydrogen) atoms. The van der Waals surface area contributed by atoms with Gasteiger partial charge in [0, 0.05) is 17.7 Å². The van der Waals surface area contributed by atoms with Crippen molar-refractivity contribution in [3.63, 3.8) is 0 Å². The third-order valence-electron chi connectivity index (χ3n) is 7.05. The van der Waals surface area contributed by atoms with E-state index in [0.29, 0.717) is 0 Å². The topological polar surface area (TPSA) is 286 Å². The van der Waals surface area contributed by atoms with Crippen LogP contribution >= 0.6 is 0 Å². The van der Waals surface area contributed by atoms with Gasteiger partial charge in [-0.3, -0.25) is 4.79 Å². The predicted octanol–water partition coefficient (Wildman–Crippen LogP) is -1.98. The van der Waals surface area contributed by atoms with E-state index in [1.807, 2.05) is 0 Å². The van der Waals surface area contributed by atoms with E-state index < -0.39 is 113 Å². The van der Waals surface area contributed by atoms with Crippen molar-refractivity contribution in [2.75, 3.05) is 13.2 Å². The van der Waals surface area contributed by atoms with Crippen molar-refractivity contribution in [3.05, 3.63) is 40.6 Å². The van der Waals surface area contributed by atoms with Gasteiger partial charge in [-0.25, -0.2) is 4.79 Å². The second kappa shape index (κ2) is 11.1. The molecule has 0 saturated carbocycles. The fourth-order valence-corrected chi connectivity index (χ4v) is 4.69. The maximum Gasteiger partial charge on any atom is 0.335 e. The molecule has 3 aromatic rings. The molecule has 0 unspecified atom stereocenters. The van der Waals surface area contributed by atoms with Gasteiger partial charge < -0.3 is 74.4 Å². The van der Waals surface area contributed by atoms with Gasteiger partial charge in [0.25, 0.3) is 0 Å². The number of aromatic hydroxyl groups is 4. The highest BCUT2D eigenvalue weighted by Crippen LogP contribution is 2.40. The van der Waals surface area contributed by atoms with Crippen LogP contribution in [-0.4, -0.2) is 119 Å². The number of ether oxygens (including phenoxy) is 4. The van der Waals surface area contributed by atoms with Crippen LogP contribution in [0.4, 0.5) is 0 Å². The highest BCUT2D eigenvalue weighted by atomic mass is 16.8. The van der Waals surface area contributed by atoms with Gasteiger partial charge in [0.05, 0.1) is 13.2 Å². The Balaban J connectivity index is 1.64. The lowest BCUT2D eigenvalue weighted by molar-refractivity contribution is -0.313. The number of aliphatic carboxylic acids is 1. The van der Waals surface area contributed by atoms with Crippen molar-refractivity contribution in [2.45, 2.75) is 48.7 Å². The summed E-state index contributed by atoms with van der Waals surface area (Å²) in [6.45, 7) is -1.58. The fourth-order valence-electron chi connectivity index (χ4n) is 4.69. The number of carboxylic acids is 1. The van der Waals surface area contributed by atoms with Crippen LogP contribution in [0.15, 0.2) is 39.5 Å². The van der Waals surface area contributed by atoms with Crippen LogP contribution in [0.3, 0.4) is 0 Å². The monoisotopic (exact) mass is 610 g/mol. The highest BCUT2D eigenvalue weighted by Gasteiger charge is 2.55. The van der Waals surface area contributed by atoms with Crippen molar-refractivity contribution in [1.29, 1.82) is 0 Å². The lowest BCUT2D eigenvalue weighted by atomic mass is 9.98. The van der Waals surface area contributed by atoms with Gasteiger partial charge in [0.2, 0.25) is 17.5 Å². The summed E-state index contributed by atoms with van der Waals surface area (Å²) < 4.78 is 27.5. The Bertz CT molecular complexity index is 1600. The van der Waals surface area contributed by atoms with Gasteiger partial charge in [-0.05, 0) is 18.2 Å². The minimum Gasteiger partial charge on any atom is -0.508 e. The molecular weight excluding hydrogens is 584 g/mol. The molecule has 0 bridgehead atoms. The SMILES string of the molecule is O=C(O)[C@H]1O[C@@H](Oc2c(-c3ccc(O)c(O)c3)oc3cc(O)cc(O)c3c2=O)[C@H](O[C@@H]2OC[C@](O)(CO)[C@H]2O)[C@@H](O)[C@@H]1O. The number of benzene rings is 2. The van der Waals surface area contributed by atoms with Gasteiger partial charge in [0.15, 0.2) is 35.8 Å². The molecule has 1 aromatic heterocycles. The Morgan fingerprint density at radius 3 is 2.33 bits per heavy atom. The number of hydrogen-bond donors (Lipinski definition) is 10. The number of carboxylic acid groups (broad SMARTS) is 1. The molecule has 17 heteroatoms. The average molecular weight is 610 g/mol. The normalized spacial score (nSPS) is 30.9. The quantitative estimate of drug-likeness (QED) is 0.130. The smallest absolute Gasteiger partial charge is 0.335 e. The van der Waals surface area contributed by atoms with Gasteiger partial charge in [-0.1, -0.05) is 0 Å². The lowest BCUT2D eigenvalue weighted by Gasteiger charge is -2.41. The molecule has 2 aromatic carbocycles. The molecule has 2 aliphatic rings.